The largest absolute Gasteiger partial charge is 0.397 e. The molecule has 1 fully saturated rings. The summed E-state index contributed by atoms with van der Waals surface area (Å²) in [7, 11) is 0. The summed E-state index contributed by atoms with van der Waals surface area (Å²) < 4.78 is 13.9. The number of H-pyrrole nitrogens is 1. The van der Waals surface area contributed by atoms with Crippen LogP contribution in [-0.2, 0) is 0 Å². The van der Waals surface area contributed by atoms with Gasteiger partial charge in [-0.2, -0.15) is 0 Å². The Balaban J connectivity index is 1.93. The molecule has 25 heavy (non-hydrogen) atoms. The molecule has 7 heteroatoms. The first-order valence-electron chi connectivity index (χ1n) is 7.92. The third-order valence-corrected chi connectivity index (χ3v) is 5.27. The van der Waals surface area contributed by atoms with Crippen LogP contribution in [-0.4, -0.2) is 21.2 Å². The number of aromatic amines is 1. The van der Waals surface area contributed by atoms with Crippen LogP contribution in [0.1, 0.15) is 24.5 Å². The number of nitrogens with zero attached hydrogens (tertiary/aromatic N) is 2. The average Bonchev–Trinajstić information content (AvgIpc) is 3.37. The van der Waals surface area contributed by atoms with Gasteiger partial charge in [0.25, 0.3) is 0 Å². The molecule has 0 unspecified atom stereocenters. The van der Waals surface area contributed by atoms with Gasteiger partial charge in [-0.3, -0.25) is 0 Å². The normalized spacial score (nSPS) is 14.0. The average molecular weight is 375 g/mol. The van der Waals surface area contributed by atoms with Crippen molar-refractivity contribution in [1.82, 2.24) is 15.0 Å². The predicted molar refractivity (Wildman–Crippen MR) is 100 cm³/mol. The van der Waals surface area contributed by atoms with Crippen LogP contribution in [0.15, 0.2) is 35.6 Å². The summed E-state index contributed by atoms with van der Waals surface area (Å²) in [6.45, 7) is 0. The second-order valence-electron chi connectivity index (χ2n) is 6.07. The first-order chi connectivity index (χ1) is 12.1. The highest BCUT2D eigenvalue weighted by atomic mass is 35.5. The van der Waals surface area contributed by atoms with Crippen molar-refractivity contribution < 1.29 is 4.39 Å². The highest BCUT2D eigenvalue weighted by Crippen LogP contribution is 2.45. The fourth-order valence-electron chi connectivity index (χ4n) is 2.89. The number of aromatic nitrogens is 3. The van der Waals surface area contributed by atoms with Crippen LogP contribution >= 0.6 is 23.4 Å². The van der Waals surface area contributed by atoms with Crippen molar-refractivity contribution in [1.29, 1.82) is 0 Å². The Morgan fingerprint density at radius 3 is 2.80 bits per heavy atom. The summed E-state index contributed by atoms with van der Waals surface area (Å²) in [6.07, 6.45) is 5.95. The van der Waals surface area contributed by atoms with Gasteiger partial charge in [-0.15, -0.1) is 0 Å². The molecule has 0 spiro atoms. The minimum Gasteiger partial charge on any atom is -0.397 e. The summed E-state index contributed by atoms with van der Waals surface area (Å²) in [5.41, 5.74) is 10.1. The lowest BCUT2D eigenvalue weighted by Crippen LogP contribution is -1.94. The Labute approximate surface area is 154 Å². The molecule has 0 atom stereocenters. The van der Waals surface area contributed by atoms with Gasteiger partial charge in [-0.05, 0) is 49.3 Å². The van der Waals surface area contributed by atoms with Gasteiger partial charge in [0.15, 0.2) is 5.16 Å². The van der Waals surface area contributed by atoms with Gasteiger partial charge in [0.1, 0.15) is 5.82 Å². The van der Waals surface area contributed by atoms with Crippen LogP contribution in [0.5, 0.6) is 0 Å². The van der Waals surface area contributed by atoms with E-state index >= 15 is 0 Å². The minimum atomic E-state index is -0.412. The molecule has 0 amide bonds. The molecule has 2 heterocycles. The van der Waals surface area contributed by atoms with E-state index in [1.54, 1.807) is 6.20 Å². The number of nitrogens with two attached hydrogens (primary N) is 1. The Morgan fingerprint density at radius 2 is 2.08 bits per heavy atom. The highest BCUT2D eigenvalue weighted by molar-refractivity contribution is 7.98. The lowest BCUT2D eigenvalue weighted by Gasteiger charge is -2.09. The van der Waals surface area contributed by atoms with Gasteiger partial charge in [0.2, 0.25) is 0 Å². The van der Waals surface area contributed by atoms with Crippen LogP contribution in [0.4, 0.5) is 10.1 Å². The van der Waals surface area contributed by atoms with Crippen molar-refractivity contribution in [2.24, 2.45) is 0 Å². The maximum absolute atomic E-state index is 13.9. The Bertz CT molecular complexity index is 952. The van der Waals surface area contributed by atoms with E-state index < -0.39 is 5.82 Å². The number of nitrogens with one attached hydrogen (secondary N) is 1. The summed E-state index contributed by atoms with van der Waals surface area (Å²) in [5, 5.41) is 1.03. The number of rotatable bonds is 4. The minimum absolute atomic E-state index is 0.226. The second kappa shape index (κ2) is 6.35. The highest BCUT2D eigenvalue weighted by Gasteiger charge is 2.28. The van der Waals surface area contributed by atoms with Crippen molar-refractivity contribution in [2.45, 2.75) is 23.9 Å². The SMILES string of the molecule is CSc1nccc(-c2[nH]c(C3CC3)cc2-c2cc(F)cc(N)c2Cl)n1. The van der Waals surface area contributed by atoms with Crippen LogP contribution in [0, 0.1) is 5.82 Å². The molecular weight excluding hydrogens is 359 g/mol. The van der Waals surface area contributed by atoms with Crippen molar-refractivity contribution >= 4 is 29.1 Å². The first kappa shape index (κ1) is 16.4. The molecule has 1 aromatic carbocycles. The van der Waals surface area contributed by atoms with E-state index in [0.717, 1.165) is 35.5 Å². The molecule has 0 bridgehead atoms. The van der Waals surface area contributed by atoms with Gasteiger partial charge < -0.3 is 10.7 Å². The molecule has 4 rings (SSSR count). The number of halogens is 2. The molecule has 0 saturated heterocycles. The molecule has 3 N–H and O–H groups in total. The Kier molecular flexibility index (Phi) is 4.17. The quantitative estimate of drug-likeness (QED) is 0.378. The van der Waals surface area contributed by atoms with Gasteiger partial charge >= 0.3 is 0 Å². The van der Waals surface area contributed by atoms with Crippen molar-refractivity contribution in [2.75, 3.05) is 12.0 Å². The van der Waals surface area contributed by atoms with Crippen LogP contribution in [0.2, 0.25) is 5.02 Å². The van der Waals surface area contributed by atoms with E-state index in [4.69, 9.17) is 17.3 Å². The lowest BCUT2D eigenvalue weighted by atomic mass is 10.0. The topological polar surface area (TPSA) is 67.6 Å². The number of nitrogen functional groups attached to an aromatic ring is 1. The summed E-state index contributed by atoms with van der Waals surface area (Å²) in [6, 6.07) is 6.52. The zero-order chi connectivity index (χ0) is 17.6. The third kappa shape index (κ3) is 3.12. The number of hydrogen-bond donors (Lipinski definition) is 2. The maximum Gasteiger partial charge on any atom is 0.187 e. The van der Waals surface area contributed by atoms with Crippen LogP contribution < -0.4 is 5.73 Å². The fourth-order valence-corrected chi connectivity index (χ4v) is 3.46. The van der Waals surface area contributed by atoms with Crippen molar-refractivity contribution in [3.8, 4) is 22.5 Å². The summed E-state index contributed by atoms with van der Waals surface area (Å²) in [5.74, 6) is 0.101. The van der Waals surface area contributed by atoms with Gasteiger partial charge in [0.05, 0.1) is 22.1 Å². The number of thioether (sulfide) groups is 1. The van der Waals surface area contributed by atoms with E-state index in [0.29, 0.717) is 21.7 Å². The molecule has 1 saturated carbocycles. The smallest absolute Gasteiger partial charge is 0.187 e. The monoisotopic (exact) mass is 374 g/mol. The van der Waals surface area contributed by atoms with E-state index in [9.17, 15) is 4.39 Å². The van der Waals surface area contributed by atoms with Gasteiger partial charge in [-0.1, -0.05) is 23.4 Å². The zero-order valence-corrected chi connectivity index (χ0v) is 15.1. The Morgan fingerprint density at radius 1 is 1.28 bits per heavy atom. The zero-order valence-electron chi connectivity index (χ0n) is 13.5. The van der Waals surface area contributed by atoms with Crippen molar-refractivity contribution in [3.05, 3.63) is 47.0 Å². The van der Waals surface area contributed by atoms with E-state index in [2.05, 4.69) is 15.0 Å². The molecule has 0 radical (unpaired) electrons. The fraction of sp³-hybridized carbons (Fsp3) is 0.222. The number of benzene rings is 1. The lowest BCUT2D eigenvalue weighted by molar-refractivity contribution is 0.629. The number of hydrogen-bond acceptors (Lipinski definition) is 4. The Hall–Kier alpha value is -2.05. The van der Waals surface area contributed by atoms with E-state index in [1.165, 1.54) is 23.9 Å². The predicted octanol–water partition coefficient (Wildman–Crippen LogP) is 5.11. The van der Waals surface area contributed by atoms with Gasteiger partial charge in [-0.25, -0.2) is 14.4 Å². The number of anilines is 1. The molecule has 1 aliphatic carbocycles. The van der Waals surface area contributed by atoms with Crippen molar-refractivity contribution in [3.63, 3.8) is 0 Å². The molecule has 2 aromatic heterocycles. The summed E-state index contributed by atoms with van der Waals surface area (Å²) in [4.78, 5) is 12.2. The second-order valence-corrected chi connectivity index (χ2v) is 7.22. The maximum atomic E-state index is 13.9. The summed E-state index contributed by atoms with van der Waals surface area (Å²) >= 11 is 7.85. The molecule has 1 aliphatic rings. The molecule has 3 aromatic rings. The standard InChI is InChI=1S/C18H16ClFN4S/c1-25-18-22-5-4-14(24-18)17-12(8-15(23-17)9-2-3-9)11-6-10(20)7-13(21)16(11)19/h4-9,23H,2-3,21H2,1H3. The van der Waals surface area contributed by atoms with E-state index in [-0.39, 0.29) is 5.69 Å². The molecule has 4 nitrogen and oxygen atoms in total. The third-order valence-electron chi connectivity index (χ3n) is 4.28. The molecule has 128 valence electrons. The molecule has 0 aliphatic heterocycles. The van der Waals surface area contributed by atoms with Crippen LogP contribution in [0.25, 0.3) is 22.5 Å². The van der Waals surface area contributed by atoms with Gasteiger partial charge in [0, 0.05) is 23.0 Å². The molecular formula is C18H16ClFN4S. The van der Waals surface area contributed by atoms with E-state index in [1.807, 2.05) is 18.4 Å². The first-order valence-corrected chi connectivity index (χ1v) is 9.52. The van der Waals surface area contributed by atoms with Crippen LogP contribution in [0.3, 0.4) is 0 Å².